The fourth-order valence-electron chi connectivity index (χ4n) is 8.10. The van der Waals surface area contributed by atoms with Gasteiger partial charge in [-0.3, -0.25) is 0 Å². The number of furan rings is 1. The highest BCUT2D eigenvalue weighted by atomic mass is 16.3. The van der Waals surface area contributed by atoms with Crippen LogP contribution in [0.2, 0.25) is 0 Å². The second-order valence-electron chi connectivity index (χ2n) is 13.8. The third-order valence-electron chi connectivity index (χ3n) is 10.7. The molecule has 0 unspecified atom stereocenters. The van der Waals surface area contributed by atoms with Crippen LogP contribution in [0, 0.1) is 0 Å². The maximum absolute atomic E-state index is 9.75. The summed E-state index contributed by atoms with van der Waals surface area (Å²) in [7, 11) is 0. The Morgan fingerprint density at radius 2 is 1.04 bits per heavy atom. The van der Waals surface area contributed by atoms with Crippen LogP contribution in [-0.2, 0) is 0 Å². The summed E-state index contributed by atoms with van der Waals surface area (Å²) in [5, 5.41) is 6.14. The Labute approximate surface area is 324 Å². The van der Waals surface area contributed by atoms with Gasteiger partial charge in [-0.2, -0.15) is 0 Å². The van der Waals surface area contributed by atoms with E-state index in [4.69, 9.17) is 4.42 Å². The van der Waals surface area contributed by atoms with Crippen LogP contribution in [0.15, 0.2) is 211 Å². The van der Waals surface area contributed by atoms with Gasteiger partial charge in [0.25, 0.3) is 0 Å². The fraction of sp³-hybridized carbons (Fsp3) is 0. The normalized spacial score (nSPS) is 12.7. The van der Waals surface area contributed by atoms with Crippen LogP contribution in [0.4, 0.5) is 17.1 Å². The number of hydrogen-bond donors (Lipinski definition) is 0. The summed E-state index contributed by atoms with van der Waals surface area (Å²) in [5.41, 5.74) is 9.01. The second kappa shape index (κ2) is 12.6. The molecule has 3 nitrogen and oxygen atoms in total. The van der Waals surface area contributed by atoms with Crippen molar-refractivity contribution in [2.75, 3.05) is 4.90 Å². The van der Waals surface area contributed by atoms with E-state index in [1.807, 2.05) is 143 Å². The van der Waals surface area contributed by atoms with E-state index in [-0.39, 0.29) is 35.5 Å². The van der Waals surface area contributed by atoms with Gasteiger partial charge < -0.3 is 13.9 Å². The highest BCUT2D eigenvalue weighted by Gasteiger charge is 2.19. The molecule has 0 N–H and O–H groups in total. The lowest BCUT2D eigenvalue weighted by molar-refractivity contribution is 0.672. The molecule has 0 aliphatic rings. The van der Waals surface area contributed by atoms with Crippen molar-refractivity contribution >= 4 is 71.6 Å². The molecular weight excluding hydrogens is 669 g/mol. The van der Waals surface area contributed by atoms with Crippen molar-refractivity contribution in [1.82, 2.24) is 4.57 Å². The van der Waals surface area contributed by atoms with Gasteiger partial charge in [0.2, 0.25) is 0 Å². The molecule has 2 aromatic heterocycles. The summed E-state index contributed by atoms with van der Waals surface area (Å²) in [6.07, 6.45) is 0. The van der Waals surface area contributed by atoms with E-state index in [1.54, 1.807) is 0 Å². The van der Waals surface area contributed by atoms with Crippen molar-refractivity contribution in [3.05, 3.63) is 206 Å². The first-order valence-corrected chi connectivity index (χ1v) is 18.4. The smallest absolute Gasteiger partial charge is 0.143 e. The molecule has 0 bridgehead atoms. The zero-order chi connectivity index (χ0) is 39.8. The predicted octanol–water partition coefficient (Wildman–Crippen LogP) is 14.6. The Bertz CT molecular complexity index is 3360. The molecule has 11 rings (SSSR count). The van der Waals surface area contributed by atoms with Crippen LogP contribution in [0.25, 0.3) is 82.5 Å². The van der Waals surface area contributed by atoms with Gasteiger partial charge in [-0.15, -0.1) is 0 Å². The molecule has 3 heteroatoms. The van der Waals surface area contributed by atoms with Gasteiger partial charge in [0.15, 0.2) is 0 Å². The van der Waals surface area contributed by atoms with E-state index >= 15 is 0 Å². The summed E-state index contributed by atoms with van der Waals surface area (Å²) < 4.78 is 47.0. The Kier molecular flexibility index (Phi) is 6.27. The lowest BCUT2D eigenvalue weighted by Crippen LogP contribution is -2.11. The topological polar surface area (TPSA) is 21.3 Å². The molecule has 55 heavy (non-hydrogen) atoms. The van der Waals surface area contributed by atoms with Crippen molar-refractivity contribution in [3.8, 4) is 27.9 Å². The Balaban J connectivity index is 1.13. The molecule has 11 aromatic rings. The summed E-state index contributed by atoms with van der Waals surface area (Å²) in [4.78, 5) is 1.88. The van der Waals surface area contributed by atoms with Crippen molar-refractivity contribution in [1.29, 1.82) is 0 Å². The lowest BCUT2D eigenvalue weighted by Gasteiger charge is -2.28. The number of hydrogen-bond acceptors (Lipinski definition) is 2. The molecule has 258 valence electrons. The molecule has 0 aliphatic carbocycles. The largest absolute Gasteiger partial charge is 0.455 e. The number of rotatable bonds is 6. The molecule has 0 atom stereocenters. The molecule has 0 saturated carbocycles. The van der Waals surface area contributed by atoms with Crippen LogP contribution < -0.4 is 4.90 Å². The molecule has 0 spiro atoms. The van der Waals surface area contributed by atoms with Crippen molar-refractivity contribution in [3.63, 3.8) is 0 Å². The average molecular weight is 707 g/mol. The molecule has 0 aliphatic heterocycles. The fourth-order valence-corrected chi connectivity index (χ4v) is 8.10. The number of para-hydroxylation sites is 4. The van der Waals surface area contributed by atoms with E-state index in [0.717, 1.165) is 82.5 Å². The number of fused-ring (bicyclic) bond motifs is 8. The average Bonchev–Trinajstić information content (AvgIpc) is 3.84. The van der Waals surface area contributed by atoms with Gasteiger partial charge >= 0.3 is 0 Å². The van der Waals surface area contributed by atoms with Crippen LogP contribution in [-0.4, -0.2) is 4.57 Å². The van der Waals surface area contributed by atoms with Crippen LogP contribution in [0.3, 0.4) is 0 Å². The Hall–Kier alpha value is -7.36. The molecular formula is C52H34N2O. The summed E-state index contributed by atoms with van der Waals surface area (Å²) in [6.45, 7) is 0. The minimum atomic E-state index is -0.143. The summed E-state index contributed by atoms with van der Waals surface area (Å²) in [6, 6.07) is 60.1. The lowest BCUT2D eigenvalue weighted by atomic mass is 9.97. The van der Waals surface area contributed by atoms with E-state index in [9.17, 15) is 5.48 Å². The maximum atomic E-state index is 9.75. The van der Waals surface area contributed by atoms with E-state index < -0.39 is 0 Å². The van der Waals surface area contributed by atoms with Crippen LogP contribution >= 0.6 is 0 Å². The van der Waals surface area contributed by atoms with E-state index in [0.29, 0.717) is 5.69 Å². The SMILES string of the molecule is [2H]c1c([2H])c(-n2c3ccccc3c3ccccc32)c([2H])c([2H])c1N(c1ccc(-c2ccccc2)cc1)c1ccccc1-c1ccc2c(ccc3c4ccccc4oc23)c1. The summed E-state index contributed by atoms with van der Waals surface area (Å²) >= 11 is 0. The van der Waals surface area contributed by atoms with Crippen LogP contribution in [0.5, 0.6) is 0 Å². The van der Waals surface area contributed by atoms with Crippen molar-refractivity contribution < 1.29 is 9.90 Å². The van der Waals surface area contributed by atoms with Gasteiger partial charge in [-0.1, -0.05) is 127 Å². The minimum Gasteiger partial charge on any atom is -0.455 e. The Morgan fingerprint density at radius 1 is 0.436 bits per heavy atom. The predicted molar refractivity (Wildman–Crippen MR) is 231 cm³/mol. The third kappa shape index (κ3) is 5.13. The number of anilines is 3. The first-order valence-electron chi connectivity index (χ1n) is 20.4. The highest BCUT2D eigenvalue weighted by Crippen LogP contribution is 2.43. The molecule has 0 amide bonds. The molecule has 0 saturated heterocycles. The number of aromatic nitrogens is 1. The van der Waals surface area contributed by atoms with Gasteiger partial charge in [-0.25, -0.2) is 0 Å². The van der Waals surface area contributed by atoms with Crippen LogP contribution in [0.1, 0.15) is 5.48 Å². The minimum absolute atomic E-state index is 0.128. The van der Waals surface area contributed by atoms with Crippen molar-refractivity contribution in [2.45, 2.75) is 0 Å². The monoisotopic (exact) mass is 706 g/mol. The second-order valence-corrected chi connectivity index (χ2v) is 13.8. The Morgan fingerprint density at radius 3 is 1.80 bits per heavy atom. The molecule has 0 fully saturated rings. The van der Waals surface area contributed by atoms with E-state index in [2.05, 4.69) is 48.5 Å². The third-order valence-corrected chi connectivity index (χ3v) is 10.7. The van der Waals surface area contributed by atoms with Gasteiger partial charge in [0.05, 0.1) is 22.2 Å². The quantitative estimate of drug-likeness (QED) is 0.172. The standard InChI is InChI=1S/C52H34N2O/c1-2-12-35(13-3-1)36-22-26-39(27-23-36)53(40-28-30-41(31-29-40)54-49-19-9-5-15-44(49)45-16-6-10-20-50(45)54)48-18-8-4-14-42(48)37-24-32-43-38(34-37)25-33-47-46-17-7-11-21-51(46)55-52(43)47/h1-34H/i28D,29D,30D,31D. The first-order chi connectivity index (χ1) is 29.0. The van der Waals surface area contributed by atoms with Gasteiger partial charge in [0, 0.05) is 49.6 Å². The first kappa shape index (κ1) is 27.3. The maximum Gasteiger partial charge on any atom is 0.143 e. The molecule has 2 heterocycles. The van der Waals surface area contributed by atoms with Gasteiger partial charge in [-0.05, 0) is 101 Å². The molecule has 9 aromatic carbocycles. The van der Waals surface area contributed by atoms with Crippen molar-refractivity contribution in [2.24, 2.45) is 0 Å². The number of benzene rings is 9. The zero-order valence-corrected chi connectivity index (χ0v) is 29.6. The van der Waals surface area contributed by atoms with E-state index in [1.165, 1.54) is 0 Å². The molecule has 0 radical (unpaired) electrons. The highest BCUT2D eigenvalue weighted by molar-refractivity contribution is 6.15. The van der Waals surface area contributed by atoms with Gasteiger partial charge in [0.1, 0.15) is 11.2 Å². The summed E-state index contributed by atoms with van der Waals surface area (Å²) in [5.74, 6) is 0. The number of nitrogens with zero attached hydrogens (tertiary/aromatic N) is 2. The zero-order valence-electron chi connectivity index (χ0n) is 33.6.